The molecule has 0 radical (unpaired) electrons. The van der Waals surface area contributed by atoms with Crippen LogP contribution in [0.25, 0.3) is 6.08 Å². The molecule has 2 fully saturated rings. The number of benzene rings is 2. The number of likely N-dealkylation sites (tertiary alicyclic amines) is 1. The van der Waals surface area contributed by atoms with Gasteiger partial charge in [-0.3, -0.25) is 4.79 Å². The minimum Gasteiger partial charge on any atom is -0.350 e. The highest BCUT2D eigenvalue weighted by Gasteiger charge is 2.33. The van der Waals surface area contributed by atoms with Crippen LogP contribution >= 0.6 is 0 Å². The van der Waals surface area contributed by atoms with Crippen molar-refractivity contribution in [3.05, 3.63) is 76.6 Å². The van der Waals surface area contributed by atoms with Gasteiger partial charge in [-0.1, -0.05) is 24.3 Å². The summed E-state index contributed by atoms with van der Waals surface area (Å²) in [6, 6.07) is 11.4. The van der Waals surface area contributed by atoms with E-state index in [9.17, 15) is 22.4 Å². The van der Waals surface area contributed by atoms with E-state index in [0.717, 1.165) is 75.9 Å². The molecule has 1 saturated carbocycles. The summed E-state index contributed by atoms with van der Waals surface area (Å²) in [7, 11) is 0. The Kier molecular flexibility index (Phi) is 7.95. The molecule has 1 amide bonds. The maximum Gasteiger partial charge on any atom is 0.416 e. The molecule has 1 aliphatic heterocycles. The predicted molar refractivity (Wildman–Crippen MR) is 129 cm³/mol. The number of amides is 1. The lowest BCUT2D eigenvalue weighted by atomic mass is 9.84. The number of nitrogens with one attached hydrogen (secondary N) is 1. The second kappa shape index (κ2) is 10.9. The van der Waals surface area contributed by atoms with E-state index in [1.54, 1.807) is 0 Å². The Morgan fingerprint density at radius 1 is 1.00 bits per heavy atom. The molecule has 3 nitrogen and oxygen atoms in total. The molecule has 0 atom stereocenters. The number of rotatable bonds is 5. The number of carbonyl (C=O) groups is 1. The highest BCUT2D eigenvalue weighted by molar-refractivity contribution is 5.92. The fourth-order valence-corrected chi connectivity index (χ4v) is 5.55. The zero-order valence-corrected chi connectivity index (χ0v) is 20.0. The first-order chi connectivity index (χ1) is 16.7. The highest BCUT2D eigenvalue weighted by atomic mass is 19.4. The summed E-state index contributed by atoms with van der Waals surface area (Å²) in [6.45, 7) is 4.34. The lowest BCUT2D eigenvalue weighted by Crippen LogP contribution is -2.46. The molecule has 0 aromatic heterocycles. The van der Waals surface area contributed by atoms with Gasteiger partial charge in [0.15, 0.2) is 0 Å². The first-order valence-corrected chi connectivity index (χ1v) is 12.4. The first-order valence-electron chi connectivity index (χ1n) is 12.4. The minimum atomic E-state index is -4.61. The van der Waals surface area contributed by atoms with Crippen LogP contribution in [0.4, 0.5) is 17.6 Å². The van der Waals surface area contributed by atoms with E-state index < -0.39 is 23.5 Å². The number of halogens is 4. The molecule has 2 aliphatic rings. The molecule has 35 heavy (non-hydrogen) atoms. The van der Waals surface area contributed by atoms with Gasteiger partial charge in [-0.2, -0.15) is 13.2 Å². The van der Waals surface area contributed by atoms with Crippen LogP contribution < -0.4 is 5.32 Å². The van der Waals surface area contributed by atoms with Gasteiger partial charge in [0.25, 0.3) is 0 Å². The molecule has 7 heteroatoms. The molecule has 4 rings (SSSR count). The number of hydrogen-bond donors (Lipinski definition) is 1. The van der Waals surface area contributed by atoms with Crippen LogP contribution in [0.5, 0.6) is 0 Å². The van der Waals surface area contributed by atoms with Crippen molar-refractivity contribution < 1.29 is 22.4 Å². The SMILES string of the molecule is Cc1ccccc1C1CCN(C2CCC(NC(=O)/C=C/c3cc(F)ccc3C(F)(F)F)CC2)CC1. The summed E-state index contributed by atoms with van der Waals surface area (Å²) >= 11 is 0. The molecule has 1 N–H and O–H groups in total. The second-order valence-corrected chi connectivity index (χ2v) is 9.74. The predicted octanol–water partition coefficient (Wildman–Crippen LogP) is 6.47. The topological polar surface area (TPSA) is 32.3 Å². The smallest absolute Gasteiger partial charge is 0.350 e. The molecule has 1 aliphatic carbocycles. The van der Waals surface area contributed by atoms with Crippen molar-refractivity contribution in [3.63, 3.8) is 0 Å². The van der Waals surface area contributed by atoms with Crippen LogP contribution in [0.2, 0.25) is 0 Å². The van der Waals surface area contributed by atoms with E-state index in [0.29, 0.717) is 18.0 Å². The molecule has 188 valence electrons. The quantitative estimate of drug-likeness (QED) is 0.386. The Balaban J connectivity index is 1.25. The van der Waals surface area contributed by atoms with Crippen LogP contribution in [0.15, 0.2) is 48.5 Å². The van der Waals surface area contributed by atoms with E-state index in [1.165, 1.54) is 11.1 Å². The molecular weight excluding hydrogens is 456 g/mol. The Labute approximate surface area is 204 Å². The largest absolute Gasteiger partial charge is 0.416 e. The molecule has 1 heterocycles. The van der Waals surface area contributed by atoms with E-state index in [4.69, 9.17) is 0 Å². The summed E-state index contributed by atoms with van der Waals surface area (Å²) in [5.74, 6) is -0.616. The Bertz CT molecular complexity index is 1050. The fourth-order valence-electron chi connectivity index (χ4n) is 5.55. The second-order valence-electron chi connectivity index (χ2n) is 9.74. The van der Waals surface area contributed by atoms with Gasteiger partial charge in [0, 0.05) is 18.2 Å². The van der Waals surface area contributed by atoms with E-state index in [2.05, 4.69) is 41.4 Å². The average Bonchev–Trinajstić information content (AvgIpc) is 2.83. The lowest BCUT2D eigenvalue weighted by molar-refractivity contribution is -0.137. The third-order valence-electron chi connectivity index (χ3n) is 7.45. The monoisotopic (exact) mass is 488 g/mol. The molecule has 0 unspecified atom stereocenters. The molecular formula is C28H32F4N2O. The number of aryl methyl sites for hydroxylation is 1. The molecule has 0 bridgehead atoms. The zero-order chi connectivity index (χ0) is 25.0. The summed E-state index contributed by atoms with van der Waals surface area (Å²) in [5.41, 5.74) is 1.51. The molecule has 1 saturated heterocycles. The number of piperidine rings is 1. The van der Waals surface area contributed by atoms with Crippen LogP contribution in [0.3, 0.4) is 0 Å². The standard InChI is InChI=1S/C28H32F4N2O/c1-19-4-2-3-5-25(19)20-14-16-34(17-15-20)24-10-8-23(9-11-24)33-27(35)13-6-21-18-22(29)7-12-26(21)28(30,31)32/h2-7,12-13,18,20,23-24H,8-11,14-17H2,1H3,(H,33,35)/b13-6+. The summed E-state index contributed by atoms with van der Waals surface area (Å²) in [4.78, 5) is 14.9. The van der Waals surface area contributed by atoms with E-state index in [-0.39, 0.29) is 11.6 Å². The van der Waals surface area contributed by atoms with Crippen molar-refractivity contribution in [2.24, 2.45) is 0 Å². The van der Waals surface area contributed by atoms with Gasteiger partial charge in [-0.25, -0.2) is 4.39 Å². The first kappa shape index (κ1) is 25.4. The van der Waals surface area contributed by atoms with Crippen molar-refractivity contribution in [1.29, 1.82) is 0 Å². The zero-order valence-electron chi connectivity index (χ0n) is 20.0. The van der Waals surface area contributed by atoms with E-state index >= 15 is 0 Å². The van der Waals surface area contributed by atoms with Crippen LogP contribution in [-0.4, -0.2) is 36.0 Å². The molecule has 0 spiro atoms. The highest BCUT2D eigenvalue weighted by Crippen LogP contribution is 2.34. The van der Waals surface area contributed by atoms with Crippen molar-refractivity contribution in [1.82, 2.24) is 10.2 Å². The Morgan fingerprint density at radius 2 is 1.69 bits per heavy atom. The van der Waals surface area contributed by atoms with Crippen molar-refractivity contribution in [2.75, 3.05) is 13.1 Å². The fraction of sp³-hybridized carbons (Fsp3) is 0.464. The van der Waals surface area contributed by atoms with Gasteiger partial charge in [0.2, 0.25) is 5.91 Å². The average molecular weight is 489 g/mol. The van der Waals surface area contributed by atoms with Gasteiger partial charge in [-0.05, 0) is 105 Å². The van der Waals surface area contributed by atoms with Crippen molar-refractivity contribution >= 4 is 12.0 Å². The normalized spacial score (nSPS) is 22.4. The number of carbonyl (C=O) groups excluding carboxylic acids is 1. The number of hydrogen-bond acceptors (Lipinski definition) is 2. The number of nitrogens with zero attached hydrogens (tertiary/aromatic N) is 1. The third-order valence-corrected chi connectivity index (χ3v) is 7.45. The number of alkyl halides is 3. The van der Waals surface area contributed by atoms with Gasteiger partial charge >= 0.3 is 6.18 Å². The summed E-state index contributed by atoms with van der Waals surface area (Å²) in [5, 5.41) is 2.90. The summed E-state index contributed by atoms with van der Waals surface area (Å²) in [6.07, 6.45) is 3.47. The van der Waals surface area contributed by atoms with Crippen molar-refractivity contribution in [2.45, 2.75) is 69.6 Å². The minimum absolute atomic E-state index is 0.00232. The van der Waals surface area contributed by atoms with E-state index in [1.807, 2.05) is 0 Å². The molecule has 2 aromatic rings. The lowest BCUT2D eigenvalue weighted by Gasteiger charge is -2.41. The Hall–Kier alpha value is -2.67. The van der Waals surface area contributed by atoms with Gasteiger partial charge < -0.3 is 10.2 Å². The summed E-state index contributed by atoms with van der Waals surface area (Å²) < 4.78 is 52.8. The van der Waals surface area contributed by atoms with Gasteiger partial charge in [-0.15, -0.1) is 0 Å². The van der Waals surface area contributed by atoms with Crippen molar-refractivity contribution in [3.8, 4) is 0 Å². The van der Waals surface area contributed by atoms with Crippen LogP contribution in [0.1, 0.15) is 66.7 Å². The van der Waals surface area contributed by atoms with Crippen LogP contribution in [0, 0.1) is 12.7 Å². The molecule has 2 aromatic carbocycles. The third kappa shape index (κ3) is 6.51. The maximum atomic E-state index is 13.4. The Morgan fingerprint density at radius 3 is 2.34 bits per heavy atom. The van der Waals surface area contributed by atoms with Crippen LogP contribution in [-0.2, 0) is 11.0 Å². The van der Waals surface area contributed by atoms with Gasteiger partial charge in [0.1, 0.15) is 5.82 Å². The maximum absolute atomic E-state index is 13.4. The van der Waals surface area contributed by atoms with Gasteiger partial charge in [0.05, 0.1) is 5.56 Å².